The summed E-state index contributed by atoms with van der Waals surface area (Å²) in [6.07, 6.45) is 7.56. The van der Waals surface area contributed by atoms with E-state index >= 15 is 0 Å². The summed E-state index contributed by atoms with van der Waals surface area (Å²) in [5.74, 6) is 0.510. The van der Waals surface area contributed by atoms with Gasteiger partial charge in [0.25, 0.3) is 5.91 Å². The van der Waals surface area contributed by atoms with Crippen molar-refractivity contribution in [3.8, 4) is 22.7 Å². The summed E-state index contributed by atoms with van der Waals surface area (Å²) >= 11 is 0. The van der Waals surface area contributed by atoms with Crippen LogP contribution in [0.25, 0.3) is 16.9 Å². The number of benzene rings is 2. The van der Waals surface area contributed by atoms with Gasteiger partial charge in [-0.2, -0.15) is 10.2 Å². The first-order valence-electron chi connectivity index (χ1n) is 10.4. The van der Waals surface area contributed by atoms with Crippen LogP contribution >= 0.6 is 0 Å². The highest BCUT2D eigenvalue weighted by molar-refractivity contribution is 5.95. The fraction of sp³-hybridized carbons (Fsp3) is 0.120. The first-order valence-corrected chi connectivity index (χ1v) is 10.4. The van der Waals surface area contributed by atoms with Crippen molar-refractivity contribution < 1.29 is 9.53 Å². The van der Waals surface area contributed by atoms with Crippen molar-refractivity contribution in [1.82, 2.24) is 20.2 Å². The van der Waals surface area contributed by atoms with E-state index in [2.05, 4.69) is 22.4 Å². The topological polar surface area (TPSA) is 81.4 Å². The number of carbonyl (C=O) groups excluding carboxylic acids is 1. The molecule has 0 unspecified atom stereocenters. The van der Waals surface area contributed by atoms with Crippen molar-refractivity contribution in [2.75, 3.05) is 6.61 Å². The number of pyridine rings is 1. The maximum atomic E-state index is 12.3. The molecule has 0 fully saturated rings. The number of nitrogens with one attached hydrogen (secondary N) is 1. The van der Waals surface area contributed by atoms with Gasteiger partial charge in [0.1, 0.15) is 11.4 Å². The van der Waals surface area contributed by atoms with Crippen LogP contribution in [0.2, 0.25) is 0 Å². The van der Waals surface area contributed by atoms with Crippen LogP contribution in [-0.2, 0) is 0 Å². The van der Waals surface area contributed by atoms with Crippen LogP contribution in [0.5, 0.6) is 5.75 Å². The van der Waals surface area contributed by atoms with Crippen molar-refractivity contribution in [3.05, 3.63) is 96.4 Å². The van der Waals surface area contributed by atoms with Gasteiger partial charge in [0.2, 0.25) is 0 Å². The number of rotatable bonds is 8. The smallest absolute Gasteiger partial charge is 0.271 e. The van der Waals surface area contributed by atoms with Crippen molar-refractivity contribution >= 4 is 12.1 Å². The highest BCUT2D eigenvalue weighted by Gasteiger charge is 2.12. The molecule has 0 saturated carbocycles. The molecule has 2 aromatic heterocycles. The SMILES string of the molecule is CCCOc1ccc(-c2nn(-c3ccccc3)cc2/C=N/NC(=O)c2ccncc2)cc1. The van der Waals surface area contributed by atoms with Gasteiger partial charge in [-0.25, -0.2) is 10.1 Å². The Morgan fingerprint density at radius 3 is 2.53 bits per heavy atom. The molecule has 1 N–H and O–H groups in total. The zero-order chi connectivity index (χ0) is 22.2. The number of amides is 1. The molecule has 7 nitrogen and oxygen atoms in total. The van der Waals surface area contributed by atoms with Crippen LogP contribution in [0, 0.1) is 0 Å². The molecule has 0 aliphatic rings. The first-order chi connectivity index (χ1) is 15.7. The lowest BCUT2D eigenvalue weighted by Crippen LogP contribution is -2.17. The number of carbonyl (C=O) groups is 1. The van der Waals surface area contributed by atoms with Crippen LogP contribution < -0.4 is 10.2 Å². The number of hydrogen-bond donors (Lipinski definition) is 1. The maximum absolute atomic E-state index is 12.3. The lowest BCUT2D eigenvalue weighted by atomic mass is 10.1. The Morgan fingerprint density at radius 1 is 1.06 bits per heavy atom. The minimum Gasteiger partial charge on any atom is -0.494 e. The van der Waals surface area contributed by atoms with Gasteiger partial charge in [-0.3, -0.25) is 9.78 Å². The third-order valence-electron chi connectivity index (χ3n) is 4.68. The van der Waals surface area contributed by atoms with Crippen molar-refractivity contribution in [2.45, 2.75) is 13.3 Å². The Morgan fingerprint density at radius 2 is 1.81 bits per heavy atom. The zero-order valence-electron chi connectivity index (χ0n) is 17.7. The zero-order valence-corrected chi connectivity index (χ0v) is 17.7. The molecule has 2 aromatic carbocycles. The number of ether oxygens (including phenoxy) is 1. The van der Waals surface area contributed by atoms with E-state index in [4.69, 9.17) is 9.84 Å². The van der Waals surface area contributed by atoms with E-state index in [9.17, 15) is 4.79 Å². The summed E-state index contributed by atoms with van der Waals surface area (Å²) in [5, 5.41) is 8.91. The second-order valence-corrected chi connectivity index (χ2v) is 7.02. The number of nitrogens with zero attached hydrogens (tertiary/aromatic N) is 4. The molecule has 0 radical (unpaired) electrons. The number of hydrazone groups is 1. The molecule has 32 heavy (non-hydrogen) atoms. The molecular formula is C25H23N5O2. The third-order valence-corrected chi connectivity index (χ3v) is 4.68. The average molecular weight is 425 g/mol. The van der Waals surface area contributed by atoms with Crippen LogP contribution in [0.15, 0.2) is 90.4 Å². The van der Waals surface area contributed by atoms with Crippen LogP contribution in [-0.4, -0.2) is 33.5 Å². The van der Waals surface area contributed by atoms with E-state index in [0.29, 0.717) is 12.2 Å². The lowest BCUT2D eigenvalue weighted by molar-refractivity contribution is 0.0955. The summed E-state index contributed by atoms with van der Waals surface area (Å²) in [4.78, 5) is 16.2. The van der Waals surface area contributed by atoms with E-state index < -0.39 is 0 Å². The molecule has 4 aromatic rings. The van der Waals surface area contributed by atoms with Crippen molar-refractivity contribution in [2.24, 2.45) is 5.10 Å². The predicted octanol–water partition coefficient (Wildman–Crippen LogP) is 4.49. The molecule has 0 aliphatic heterocycles. The maximum Gasteiger partial charge on any atom is 0.271 e. The molecule has 0 atom stereocenters. The molecule has 4 rings (SSSR count). The quantitative estimate of drug-likeness (QED) is 0.333. The highest BCUT2D eigenvalue weighted by Crippen LogP contribution is 2.25. The first kappa shape index (κ1) is 21.0. The lowest BCUT2D eigenvalue weighted by Gasteiger charge is -2.05. The number of aromatic nitrogens is 3. The molecule has 1 amide bonds. The fourth-order valence-corrected chi connectivity index (χ4v) is 3.08. The Balaban J connectivity index is 1.61. The minimum absolute atomic E-state index is 0.307. The number of hydrogen-bond acceptors (Lipinski definition) is 5. The average Bonchev–Trinajstić information content (AvgIpc) is 3.28. The summed E-state index contributed by atoms with van der Waals surface area (Å²) < 4.78 is 7.47. The van der Waals surface area contributed by atoms with Gasteiger partial charge < -0.3 is 4.74 Å². The van der Waals surface area contributed by atoms with E-state index in [0.717, 1.165) is 34.7 Å². The van der Waals surface area contributed by atoms with Crippen molar-refractivity contribution in [3.63, 3.8) is 0 Å². The Kier molecular flexibility index (Phi) is 6.67. The van der Waals surface area contributed by atoms with E-state index in [1.807, 2.05) is 60.8 Å². The monoisotopic (exact) mass is 425 g/mol. The Labute approximate surface area is 186 Å². The molecular weight excluding hydrogens is 402 g/mol. The van der Waals surface area contributed by atoms with E-state index in [-0.39, 0.29) is 5.91 Å². The molecule has 0 spiro atoms. The molecule has 2 heterocycles. The van der Waals surface area contributed by atoms with Crippen LogP contribution in [0.4, 0.5) is 0 Å². The summed E-state index contributed by atoms with van der Waals surface area (Å²) in [6, 6.07) is 20.9. The fourth-order valence-electron chi connectivity index (χ4n) is 3.08. The third kappa shape index (κ3) is 5.07. The van der Waals surface area contributed by atoms with Gasteiger partial charge in [-0.1, -0.05) is 25.1 Å². The summed E-state index contributed by atoms with van der Waals surface area (Å²) in [5.41, 5.74) is 6.41. The normalized spacial score (nSPS) is 10.9. The van der Waals surface area contributed by atoms with Crippen LogP contribution in [0.3, 0.4) is 0 Å². The second kappa shape index (κ2) is 10.2. The highest BCUT2D eigenvalue weighted by atomic mass is 16.5. The predicted molar refractivity (Wildman–Crippen MR) is 124 cm³/mol. The Bertz CT molecular complexity index is 1190. The van der Waals surface area contributed by atoms with E-state index in [1.165, 1.54) is 0 Å². The number of para-hydroxylation sites is 1. The van der Waals surface area contributed by atoms with Gasteiger partial charge in [0, 0.05) is 35.3 Å². The Hall–Kier alpha value is -4.26. The molecule has 0 saturated heterocycles. The molecule has 0 aliphatic carbocycles. The van der Waals surface area contributed by atoms with Gasteiger partial charge in [0.05, 0.1) is 18.5 Å². The molecule has 7 heteroatoms. The standard InChI is InChI=1S/C25H23N5O2/c1-2-16-32-23-10-8-19(9-11-23)24-21(18-30(29-24)22-6-4-3-5-7-22)17-27-28-25(31)20-12-14-26-15-13-20/h3-15,17-18H,2,16H2,1H3,(H,28,31)/b27-17+. The summed E-state index contributed by atoms with van der Waals surface area (Å²) in [7, 11) is 0. The largest absolute Gasteiger partial charge is 0.494 e. The van der Waals surface area contributed by atoms with Gasteiger partial charge in [-0.15, -0.1) is 0 Å². The van der Waals surface area contributed by atoms with Crippen LogP contribution in [0.1, 0.15) is 29.3 Å². The van der Waals surface area contributed by atoms with Crippen molar-refractivity contribution in [1.29, 1.82) is 0 Å². The van der Waals surface area contributed by atoms with Gasteiger partial charge in [0.15, 0.2) is 0 Å². The second-order valence-electron chi connectivity index (χ2n) is 7.02. The minimum atomic E-state index is -0.307. The summed E-state index contributed by atoms with van der Waals surface area (Å²) in [6.45, 7) is 2.75. The van der Waals surface area contributed by atoms with Gasteiger partial charge in [-0.05, 0) is 55.0 Å². The van der Waals surface area contributed by atoms with Gasteiger partial charge >= 0.3 is 0 Å². The van der Waals surface area contributed by atoms with E-state index in [1.54, 1.807) is 35.4 Å². The molecule has 0 bridgehead atoms. The molecule has 160 valence electrons.